The second-order valence-electron chi connectivity index (χ2n) is 4.98. The zero-order chi connectivity index (χ0) is 17.5. The van der Waals surface area contributed by atoms with E-state index in [1.165, 1.54) is 18.2 Å². The minimum Gasteiger partial charge on any atom is -0.343 e. The Morgan fingerprint density at radius 3 is 2.17 bits per heavy atom. The van der Waals surface area contributed by atoms with Crippen LogP contribution in [0.2, 0.25) is 0 Å². The Labute approximate surface area is 138 Å². The number of aryl methyl sites for hydroxylation is 1. The first-order valence-electron chi connectivity index (χ1n) is 7.16. The van der Waals surface area contributed by atoms with Crippen molar-refractivity contribution in [2.24, 2.45) is 0 Å². The summed E-state index contributed by atoms with van der Waals surface area (Å²) in [6.07, 6.45) is 0. The van der Waals surface area contributed by atoms with Gasteiger partial charge in [-0.2, -0.15) is 0 Å². The van der Waals surface area contributed by atoms with Crippen molar-refractivity contribution in [3.05, 3.63) is 71.0 Å². The Bertz CT molecular complexity index is 714. The number of benzene rings is 2. The van der Waals surface area contributed by atoms with Crippen LogP contribution in [-0.4, -0.2) is 24.3 Å². The third kappa shape index (κ3) is 4.39. The molecule has 2 rings (SSSR count). The highest BCUT2D eigenvalue weighted by atomic mass is 19.1. The van der Waals surface area contributed by atoms with E-state index in [4.69, 9.17) is 0 Å². The fraction of sp³-hybridized carbons (Fsp3) is 0.118. The fourth-order valence-electron chi connectivity index (χ4n) is 1.97. The predicted octanol–water partition coefficient (Wildman–Crippen LogP) is 1.33. The molecular formula is C17H16FN3O3. The van der Waals surface area contributed by atoms with Gasteiger partial charge in [0.15, 0.2) is 0 Å². The summed E-state index contributed by atoms with van der Waals surface area (Å²) in [6.45, 7) is 1.45. The molecule has 0 aliphatic rings. The van der Waals surface area contributed by atoms with Crippen LogP contribution in [0.3, 0.4) is 0 Å². The normalized spacial score (nSPS) is 9.92. The molecule has 0 saturated carbocycles. The number of nitrogens with one attached hydrogen (secondary N) is 3. The Kier molecular flexibility index (Phi) is 5.62. The van der Waals surface area contributed by atoms with Gasteiger partial charge in [0, 0.05) is 5.56 Å². The second-order valence-corrected chi connectivity index (χ2v) is 4.98. The molecule has 0 spiro atoms. The SMILES string of the molecule is Cc1ccccc1C(=O)NCC(=O)NNC(=O)c1ccccc1F. The molecule has 0 bridgehead atoms. The van der Waals surface area contributed by atoms with Crippen LogP contribution >= 0.6 is 0 Å². The molecule has 0 atom stereocenters. The number of rotatable bonds is 4. The summed E-state index contributed by atoms with van der Waals surface area (Å²) in [4.78, 5) is 35.3. The summed E-state index contributed by atoms with van der Waals surface area (Å²) >= 11 is 0. The average molecular weight is 329 g/mol. The Morgan fingerprint density at radius 2 is 1.50 bits per heavy atom. The number of hydrazine groups is 1. The van der Waals surface area contributed by atoms with Gasteiger partial charge in [-0.25, -0.2) is 4.39 Å². The number of amides is 3. The molecule has 7 heteroatoms. The largest absolute Gasteiger partial charge is 0.343 e. The van der Waals surface area contributed by atoms with Crippen molar-refractivity contribution in [2.45, 2.75) is 6.92 Å². The lowest BCUT2D eigenvalue weighted by Gasteiger charge is -2.09. The Balaban J connectivity index is 1.82. The van der Waals surface area contributed by atoms with Gasteiger partial charge in [-0.1, -0.05) is 30.3 Å². The molecule has 0 saturated heterocycles. The molecule has 0 aliphatic heterocycles. The number of hydrogen-bond donors (Lipinski definition) is 3. The van der Waals surface area contributed by atoms with E-state index in [0.717, 1.165) is 11.6 Å². The monoisotopic (exact) mass is 329 g/mol. The van der Waals surface area contributed by atoms with Gasteiger partial charge in [0.25, 0.3) is 17.7 Å². The minimum absolute atomic E-state index is 0.193. The highest BCUT2D eigenvalue weighted by Crippen LogP contribution is 2.06. The van der Waals surface area contributed by atoms with Crippen LogP contribution in [-0.2, 0) is 4.79 Å². The van der Waals surface area contributed by atoms with Crippen LogP contribution in [0.25, 0.3) is 0 Å². The zero-order valence-corrected chi connectivity index (χ0v) is 12.9. The van der Waals surface area contributed by atoms with Gasteiger partial charge in [0.05, 0.1) is 12.1 Å². The molecule has 6 nitrogen and oxygen atoms in total. The summed E-state index contributed by atoms with van der Waals surface area (Å²) < 4.78 is 13.4. The summed E-state index contributed by atoms with van der Waals surface area (Å²) in [6, 6.07) is 12.3. The zero-order valence-electron chi connectivity index (χ0n) is 12.9. The number of hydrogen-bond acceptors (Lipinski definition) is 3. The van der Waals surface area contributed by atoms with Gasteiger partial charge < -0.3 is 5.32 Å². The summed E-state index contributed by atoms with van der Waals surface area (Å²) in [5.74, 6) is -2.52. The lowest BCUT2D eigenvalue weighted by atomic mass is 10.1. The first-order chi connectivity index (χ1) is 11.5. The van der Waals surface area contributed by atoms with Gasteiger partial charge in [-0.15, -0.1) is 0 Å². The molecule has 0 radical (unpaired) electrons. The molecule has 0 aromatic heterocycles. The first-order valence-corrected chi connectivity index (χ1v) is 7.16. The van der Waals surface area contributed by atoms with E-state index < -0.39 is 23.5 Å². The van der Waals surface area contributed by atoms with E-state index in [9.17, 15) is 18.8 Å². The molecule has 3 amide bonds. The van der Waals surface area contributed by atoms with Crippen molar-refractivity contribution in [3.63, 3.8) is 0 Å². The number of halogens is 1. The molecule has 124 valence electrons. The summed E-state index contributed by atoms with van der Waals surface area (Å²) in [5.41, 5.74) is 5.24. The molecular weight excluding hydrogens is 313 g/mol. The number of carbonyl (C=O) groups is 3. The van der Waals surface area contributed by atoms with Crippen molar-refractivity contribution in [1.82, 2.24) is 16.2 Å². The third-order valence-electron chi connectivity index (χ3n) is 3.23. The van der Waals surface area contributed by atoms with Gasteiger partial charge in [0.2, 0.25) is 0 Å². The molecule has 24 heavy (non-hydrogen) atoms. The van der Waals surface area contributed by atoms with Gasteiger partial charge in [-0.05, 0) is 30.7 Å². The van der Waals surface area contributed by atoms with Gasteiger partial charge >= 0.3 is 0 Å². The van der Waals surface area contributed by atoms with Crippen molar-refractivity contribution >= 4 is 17.7 Å². The molecule has 0 heterocycles. The summed E-state index contributed by atoms with van der Waals surface area (Å²) in [5, 5.41) is 2.44. The minimum atomic E-state index is -0.785. The molecule has 0 aliphatic carbocycles. The molecule has 0 fully saturated rings. The third-order valence-corrected chi connectivity index (χ3v) is 3.23. The predicted molar refractivity (Wildman–Crippen MR) is 85.5 cm³/mol. The van der Waals surface area contributed by atoms with Crippen LogP contribution in [0.4, 0.5) is 4.39 Å². The Hall–Kier alpha value is -3.22. The number of carbonyl (C=O) groups excluding carboxylic acids is 3. The maximum atomic E-state index is 13.4. The maximum Gasteiger partial charge on any atom is 0.272 e. The van der Waals surface area contributed by atoms with Crippen molar-refractivity contribution in [1.29, 1.82) is 0 Å². The quantitative estimate of drug-likeness (QED) is 0.740. The molecule has 2 aromatic rings. The van der Waals surface area contributed by atoms with Crippen LogP contribution in [0.5, 0.6) is 0 Å². The van der Waals surface area contributed by atoms with Crippen LogP contribution in [0, 0.1) is 12.7 Å². The second kappa shape index (κ2) is 7.87. The lowest BCUT2D eigenvalue weighted by Crippen LogP contribution is -2.46. The van der Waals surface area contributed by atoms with Crippen LogP contribution in [0.1, 0.15) is 26.3 Å². The summed E-state index contributed by atoms with van der Waals surface area (Å²) in [7, 11) is 0. The van der Waals surface area contributed by atoms with Crippen LogP contribution < -0.4 is 16.2 Å². The van der Waals surface area contributed by atoms with E-state index >= 15 is 0 Å². The standard InChI is InChI=1S/C17H16FN3O3/c1-11-6-2-3-7-12(11)16(23)19-10-15(22)20-21-17(24)13-8-4-5-9-14(13)18/h2-9H,10H2,1H3,(H,19,23)(H,20,22)(H,21,24). The smallest absolute Gasteiger partial charge is 0.272 e. The molecule has 2 aromatic carbocycles. The highest BCUT2D eigenvalue weighted by molar-refractivity contribution is 5.98. The van der Waals surface area contributed by atoms with E-state index in [1.807, 2.05) is 0 Å². The Morgan fingerprint density at radius 1 is 0.875 bits per heavy atom. The van der Waals surface area contributed by atoms with E-state index in [-0.39, 0.29) is 12.1 Å². The van der Waals surface area contributed by atoms with E-state index in [0.29, 0.717) is 5.56 Å². The molecule has 0 unspecified atom stereocenters. The van der Waals surface area contributed by atoms with Gasteiger partial charge in [-0.3, -0.25) is 25.2 Å². The molecule has 3 N–H and O–H groups in total. The first kappa shape index (κ1) is 17.1. The van der Waals surface area contributed by atoms with Crippen LogP contribution in [0.15, 0.2) is 48.5 Å². The van der Waals surface area contributed by atoms with Gasteiger partial charge in [0.1, 0.15) is 5.82 Å². The van der Waals surface area contributed by atoms with Crippen molar-refractivity contribution in [3.8, 4) is 0 Å². The highest BCUT2D eigenvalue weighted by Gasteiger charge is 2.13. The fourth-order valence-corrected chi connectivity index (χ4v) is 1.97. The average Bonchev–Trinajstić information content (AvgIpc) is 2.58. The van der Waals surface area contributed by atoms with Crippen molar-refractivity contribution in [2.75, 3.05) is 6.54 Å². The maximum absolute atomic E-state index is 13.4. The topological polar surface area (TPSA) is 87.3 Å². The lowest BCUT2D eigenvalue weighted by molar-refractivity contribution is -0.120. The van der Waals surface area contributed by atoms with E-state index in [2.05, 4.69) is 16.2 Å². The van der Waals surface area contributed by atoms with E-state index in [1.54, 1.807) is 31.2 Å². The van der Waals surface area contributed by atoms with Crippen molar-refractivity contribution < 1.29 is 18.8 Å².